The van der Waals surface area contributed by atoms with Crippen LogP contribution in [0.2, 0.25) is 10.0 Å². The van der Waals surface area contributed by atoms with Crippen LogP contribution in [0.15, 0.2) is 42.6 Å². The van der Waals surface area contributed by atoms with Crippen LogP contribution in [0, 0.1) is 0 Å². The molecule has 2 heterocycles. The summed E-state index contributed by atoms with van der Waals surface area (Å²) in [5.41, 5.74) is 1.45. The Hall–Kier alpha value is -2.98. The van der Waals surface area contributed by atoms with E-state index in [0.29, 0.717) is 29.7 Å². The number of amides is 1. The van der Waals surface area contributed by atoms with Crippen LogP contribution in [0.3, 0.4) is 0 Å². The molecule has 0 radical (unpaired) electrons. The molecule has 0 spiro atoms. The smallest absolute Gasteiger partial charge is 0.258 e. The lowest BCUT2D eigenvalue weighted by Crippen LogP contribution is -2.31. The summed E-state index contributed by atoms with van der Waals surface area (Å²) >= 11 is 12.2. The number of hydrogen-bond acceptors (Lipinski definition) is 8. The standard InChI is InChI=1S/C22H24Cl2N6O3/c1-2-14-12-19(29-22(27-14)30(8-10-31)9-11-32)28-18-13-15(6-7-25-18)26-21(33)20-16(23)4-3-5-17(20)24/h3-7,12-13,31-32H,2,8-11H2,1H3,(H2,25,26,27,28,29,33). The molecule has 11 heteroatoms. The largest absolute Gasteiger partial charge is 0.395 e. The van der Waals surface area contributed by atoms with Gasteiger partial charge in [0.25, 0.3) is 5.91 Å². The summed E-state index contributed by atoms with van der Waals surface area (Å²) < 4.78 is 0. The second kappa shape index (κ2) is 11.8. The van der Waals surface area contributed by atoms with E-state index in [9.17, 15) is 15.0 Å². The maximum absolute atomic E-state index is 12.7. The highest BCUT2D eigenvalue weighted by Gasteiger charge is 2.16. The monoisotopic (exact) mass is 490 g/mol. The van der Waals surface area contributed by atoms with Crippen molar-refractivity contribution in [3.05, 3.63) is 63.9 Å². The highest BCUT2D eigenvalue weighted by atomic mass is 35.5. The summed E-state index contributed by atoms with van der Waals surface area (Å²) in [6.45, 7) is 2.35. The van der Waals surface area contributed by atoms with Crippen LogP contribution in [-0.4, -0.2) is 57.4 Å². The number of hydrogen-bond donors (Lipinski definition) is 4. The van der Waals surface area contributed by atoms with Crippen LogP contribution in [-0.2, 0) is 6.42 Å². The Morgan fingerprint density at radius 2 is 1.73 bits per heavy atom. The predicted octanol–water partition coefficient (Wildman–Crippen LogP) is 3.53. The molecule has 0 aliphatic rings. The van der Waals surface area contributed by atoms with E-state index in [1.54, 1.807) is 47.5 Å². The van der Waals surface area contributed by atoms with Gasteiger partial charge in [0.15, 0.2) is 0 Å². The fraction of sp³-hybridized carbons (Fsp3) is 0.273. The van der Waals surface area contributed by atoms with Crippen LogP contribution in [0.5, 0.6) is 0 Å². The van der Waals surface area contributed by atoms with Crippen molar-refractivity contribution in [2.24, 2.45) is 0 Å². The van der Waals surface area contributed by atoms with Gasteiger partial charge in [-0.05, 0) is 24.6 Å². The first-order valence-electron chi connectivity index (χ1n) is 10.3. The van der Waals surface area contributed by atoms with Crippen LogP contribution in [0.25, 0.3) is 0 Å². The van der Waals surface area contributed by atoms with E-state index in [1.165, 1.54) is 0 Å². The molecule has 2 aromatic heterocycles. The van der Waals surface area contributed by atoms with Crippen LogP contribution in [0.4, 0.5) is 23.3 Å². The number of rotatable bonds is 10. The lowest BCUT2D eigenvalue weighted by atomic mass is 10.2. The van der Waals surface area contributed by atoms with Gasteiger partial charge in [-0.15, -0.1) is 0 Å². The number of halogens is 2. The topological polar surface area (TPSA) is 124 Å². The summed E-state index contributed by atoms with van der Waals surface area (Å²) in [5, 5.41) is 25.0. The average Bonchev–Trinajstić information content (AvgIpc) is 2.79. The Kier molecular flexibility index (Phi) is 8.79. The Labute approximate surface area is 201 Å². The van der Waals surface area contributed by atoms with Gasteiger partial charge in [0.1, 0.15) is 11.6 Å². The highest BCUT2D eigenvalue weighted by Crippen LogP contribution is 2.26. The molecule has 0 aliphatic carbocycles. The lowest BCUT2D eigenvalue weighted by molar-refractivity contribution is 0.102. The number of aromatic nitrogens is 3. The van der Waals surface area contributed by atoms with E-state index in [-0.39, 0.29) is 41.9 Å². The molecule has 0 bridgehead atoms. The van der Waals surface area contributed by atoms with Gasteiger partial charge in [-0.1, -0.05) is 36.2 Å². The molecule has 0 unspecified atom stereocenters. The van der Waals surface area contributed by atoms with E-state index in [2.05, 4.69) is 25.6 Å². The second-order valence-electron chi connectivity index (χ2n) is 6.94. The molecule has 0 fully saturated rings. The zero-order valence-electron chi connectivity index (χ0n) is 17.9. The van der Waals surface area contributed by atoms with E-state index in [4.69, 9.17) is 23.2 Å². The first-order chi connectivity index (χ1) is 15.9. The summed E-state index contributed by atoms with van der Waals surface area (Å²) in [5.74, 6) is 0.880. The van der Waals surface area contributed by atoms with Gasteiger partial charge in [-0.25, -0.2) is 9.97 Å². The molecule has 174 valence electrons. The molecule has 4 N–H and O–H groups in total. The van der Waals surface area contributed by atoms with E-state index >= 15 is 0 Å². The minimum atomic E-state index is -0.441. The molecule has 0 saturated carbocycles. The zero-order valence-corrected chi connectivity index (χ0v) is 19.4. The summed E-state index contributed by atoms with van der Waals surface area (Å²) in [6.07, 6.45) is 2.21. The third-order valence-electron chi connectivity index (χ3n) is 4.62. The van der Waals surface area contributed by atoms with Crippen molar-refractivity contribution >= 4 is 52.4 Å². The molecule has 9 nitrogen and oxygen atoms in total. The molecule has 3 rings (SSSR count). The van der Waals surface area contributed by atoms with E-state index in [0.717, 1.165) is 5.69 Å². The van der Waals surface area contributed by atoms with Gasteiger partial charge in [0.05, 0.1) is 28.8 Å². The SMILES string of the molecule is CCc1cc(Nc2cc(NC(=O)c3c(Cl)cccc3Cl)ccn2)nc(N(CCO)CCO)n1. The van der Waals surface area contributed by atoms with Gasteiger partial charge in [0, 0.05) is 42.8 Å². The van der Waals surface area contributed by atoms with Gasteiger partial charge < -0.3 is 25.7 Å². The fourth-order valence-corrected chi connectivity index (χ4v) is 3.61. The molecule has 33 heavy (non-hydrogen) atoms. The third-order valence-corrected chi connectivity index (χ3v) is 5.25. The Morgan fingerprint density at radius 1 is 1.03 bits per heavy atom. The Bertz CT molecular complexity index is 1090. The van der Waals surface area contributed by atoms with Crippen LogP contribution in [0.1, 0.15) is 23.0 Å². The number of aryl methyl sites for hydroxylation is 1. The van der Waals surface area contributed by atoms with Crippen LogP contribution < -0.4 is 15.5 Å². The number of aliphatic hydroxyl groups is 2. The number of nitrogens with one attached hydrogen (secondary N) is 2. The number of benzene rings is 1. The lowest BCUT2D eigenvalue weighted by Gasteiger charge is -2.21. The Morgan fingerprint density at radius 3 is 2.36 bits per heavy atom. The van der Waals surface area contributed by atoms with Crippen molar-refractivity contribution < 1.29 is 15.0 Å². The molecule has 0 saturated heterocycles. The summed E-state index contributed by atoms with van der Waals surface area (Å²) in [6, 6.07) is 9.93. The molecular formula is C22H24Cl2N6O3. The van der Waals surface area contributed by atoms with Crippen molar-refractivity contribution in [3.8, 4) is 0 Å². The normalized spacial score (nSPS) is 10.7. The minimum absolute atomic E-state index is 0.0960. The average molecular weight is 491 g/mol. The van der Waals surface area contributed by atoms with Crippen molar-refractivity contribution in [2.75, 3.05) is 41.8 Å². The number of pyridine rings is 1. The second-order valence-corrected chi connectivity index (χ2v) is 7.75. The number of aliphatic hydroxyl groups excluding tert-OH is 2. The van der Waals surface area contributed by atoms with Crippen molar-refractivity contribution in [1.82, 2.24) is 15.0 Å². The van der Waals surface area contributed by atoms with E-state index < -0.39 is 5.91 Å². The predicted molar refractivity (Wildman–Crippen MR) is 130 cm³/mol. The molecule has 1 aromatic carbocycles. The molecule has 0 aliphatic heterocycles. The number of carbonyl (C=O) groups excluding carboxylic acids is 1. The van der Waals surface area contributed by atoms with Gasteiger partial charge >= 0.3 is 0 Å². The minimum Gasteiger partial charge on any atom is -0.395 e. The molecular weight excluding hydrogens is 467 g/mol. The maximum Gasteiger partial charge on any atom is 0.258 e. The highest BCUT2D eigenvalue weighted by molar-refractivity contribution is 6.40. The maximum atomic E-state index is 12.7. The quantitative estimate of drug-likeness (QED) is 0.340. The number of anilines is 4. The first kappa shape index (κ1) is 24.7. The zero-order chi connectivity index (χ0) is 23.8. The summed E-state index contributed by atoms with van der Waals surface area (Å²) in [4.78, 5) is 27.6. The van der Waals surface area contributed by atoms with Crippen molar-refractivity contribution in [2.45, 2.75) is 13.3 Å². The molecule has 3 aromatic rings. The fourth-order valence-electron chi connectivity index (χ4n) is 3.04. The summed E-state index contributed by atoms with van der Waals surface area (Å²) in [7, 11) is 0. The molecule has 1 amide bonds. The Balaban J connectivity index is 1.82. The van der Waals surface area contributed by atoms with E-state index in [1.807, 2.05) is 6.92 Å². The third kappa shape index (κ3) is 6.52. The first-order valence-corrected chi connectivity index (χ1v) is 11.0. The van der Waals surface area contributed by atoms with Crippen molar-refractivity contribution in [1.29, 1.82) is 0 Å². The van der Waals surface area contributed by atoms with Gasteiger partial charge in [-0.2, -0.15) is 4.98 Å². The molecule has 0 atom stereocenters. The number of nitrogens with zero attached hydrogens (tertiary/aromatic N) is 4. The number of carbonyl (C=O) groups is 1. The van der Waals surface area contributed by atoms with Gasteiger partial charge in [0.2, 0.25) is 5.95 Å². The van der Waals surface area contributed by atoms with Crippen LogP contribution >= 0.6 is 23.2 Å². The van der Waals surface area contributed by atoms with Gasteiger partial charge in [-0.3, -0.25) is 4.79 Å². The van der Waals surface area contributed by atoms with Crippen molar-refractivity contribution in [3.63, 3.8) is 0 Å².